The maximum Gasteiger partial charge on any atom is 0.416 e. The van der Waals surface area contributed by atoms with Crippen LogP contribution in [0, 0.1) is 6.92 Å². The summed E-state index contributed by atoms with van der Waals surface area (Å²) in [6.07, 6.45) is -4.44. The van der Waals surface area contributed by atoms with Gasteiger partial charge >= 0.3 is 6.18 Å². The molecule has 0 atom stereocenters. The van der Waals surface area contributed by atoms with Crippen LogP contribution in [0.5, 0.6) is 0 Å². The second-order valence-electron chi connectivity index (χ2n) is 4.87. The summed E-state index contributed by atoms with van der Waals surface area (Å²) in [7, 11) is 0. The molecule has 0 spiro atoms. The van der Waals surface area contributed by atoms with E-state index >= 15 is 0 Å². The number of alkyl halides is 3. The van der Waals surface area contributed by atoms with Crippen molar-refractivity contribution in [3.63, 3.8) is 0 Å². The van der Waals surface area contributed by atoms with E-state index in [1.807, 2.05) is 0 Å². The third-order valence-corrected chi connectivity index (χ3v) is 3.08. The second kappa shape index (κ2) is 6.64. The SMILES string of the molecule is Cc1ccc(=O)n(CCNC(=O)c2ccc(C(F)(F)F)cc2)n1. The van der Waals surface area contributed by atoms with Gasteiger partial charge < -0.3 is 5.32 Å². The van der Waals surface area contributed by atoms with Crippen molar-refractivity contribution in [1.82, 2.24) is 15.1 Å². The van der Waals surface area contributed by atoms with Gasteiger partial charge in [-0.15, -0.1) is 0 Å². The van der Waals surface area contributed by atoms with Crippen LogP contribution in [0.25, 0.3) is 0 Å². The van der Waals surface area contributed by atoms with Crippen molar-refractivity contribution < 1.29 is 18.0 Å². The first-order chi connectivity index (χ1) is 10.8. The lowest BCUT2D eigenvalue weighted by atomic mass is 10.1. The van der Waals surface area contributed by atoms with E-state index in [1.165, 1.54) is 10.7 Å². The first kappa shape index (κ1) is 16.7. The fraction of sp³-hybridized carbons (Fsp3) is 0.267. The number of nitrogens with one attached hydrogen (secondary N) is 1. The molecule has 23 heavy (non-hydrogen) atoms. The molecule has 0 aliphatic heterocycles. The highest BCUT2D eigenvalue weighted by molar-refractivity contribution is 5.94. The zero-order valence-electron chi connectivity index (χ0n) is 12.2. The van der Waals surface area contributed by atoms with E-state index in [4.69, 9.17) is 0 Å². The van der Waals surface area contributed by atoms with Crippen LogP contribution in [0.3, 0.4) is 0 Å². The fourth-order valence-electron chi connectivity index (χ4n) is 1.90. The first-order valence-corrected chi connectivity index (χ1v) is 6.77. The van der Waals surface area contributed by atoms with Crippen LogP contribution in [-0.2, 0) is 12.7 Å². The van der Waals surface area contributed by atoms with Gasteiger partial charge in [-0.3, -0.25) is 9.59 Å². The molecule has 0 fully saturated rings. The number of aryl methyl sites for hydroxylation is 1. The molecule has 1 N–H and O–H groups in total. The molecule has 122 valence electrons. The summed E-state index contributed by atoms with van der Waals surface area (Å²) < 4.78 is 38.5. The Hall–Kier alpha value is -2.64. The Morgan fingerprint density at radius 1 is 1.17 bits per heavy atom. The van der Waals surface area contributed by atoms with Crippen LogP contribution in [0.1, 0.15) is 21.6 Å². The van der Waals surface area contributed by atoms with Gasteiger partial charge in [-0.25, -0.2) is 4.68 Å². The molecule has 0 unspecified atom stereocenters. The smallest absolute Gasteiger partial charge is 0.350 e. The van der Waals surface area contributed by atoms with Gasteiger partial charge in [-0.2, -0.15) is 18.3 Å². The molecule has 0 bridgehead atoms. The van der Waals surface area contributed by atoms with Crippen molar-refractivity contribution in [3.8, 4) is 0 Å². The van der Waals surface area contributed by atoms with Crippen LogP contribution in [-0.4, -0.2) is 22.2 Å². The van der Waals surface area contributed by atoms with E-state index in [2.05, 4.69) is 10.4 Å². The standard InChI is InChI=1S/C15H14F3N3O2/c1-10-2-7-13(22)21(20-10)9-8-19-14(23)11-3-5-12(6-4-11)15(16,17)18/h2-7H,8-9H2,1H3,(H,19,23). The van der Waals surface area contributed by atoms with Crippen molar-refractivity contribution in [3.05, 3.63) is 63.6 Å². The third-order valence-electron chi connectivity index (χ3n) is 3.08. The van der Waals surface area contributed by atoms with Crippen LogP contribution < -0.4 is 10.9 Å². The summed E-state index contributed by atoms with van der Waals surface area (Å²) in [6.45, 7) is 2.04. The Morgan fingerprint density at radius 3 is 2.43 bits per heavy atom. The molecule has 0 saturated carbocycles. The average molecular weight is 325 g/mol. The molecule has 2 aromatic rings. The highest BCUT2D eigenvalue weighted by Crippen LogP contribution is 2.28. The van der Waals surface area contributed by atoms with Crippen molar-refractivity contribution in [2.75, 3.05) is 6.54 Å². The Morgan fingerprint density at radius 2 is 1.83 bits per heavy atom. The Kier molecular flexibility index (Phi) is 4.83. The Labute approximate surface area is 129 Å². The van der Waals surface area contributed by atoms with E-state index in [9.17, 15) is 22.8 Å². The topological polar surface area (TPSA) is 64.0 Å². The molecule has 1 aromatic carbocycles. The monoisotopic (exact) mass is 325 g/mol. The highest BCUT2D eigenvalue weighted by atomic mass is 19.4. The zero-order valence-corrected chi connectivity index (χ0v) is 12.2. The van der Waals surface area contributed by atoms with Crippen LogP contribution in [0.4, 0.5) is 13.2 Å². The predicted molar refractivity (Wildman–Crippen MR) is 77.0 cm³/mol. The maximum atomic E-state index is 12.4. The number of hydrogen-bond acceptors (Lipinski definition) is 3. The number of amides is 1. The van der Waals surface area contributed by atoms with Gasteiger partial charge in [-0.05, 0) is 37.3 Å². The molecule has 8 heteroatoms. The maximum absolute atomic E-state index is 12.4. The third kappa shape index (κ3) is 4.41. The number of carbonyl (C=O) groups is 1. The quantitative estimate of drug-likeness (QED) is 0.935. The van der Waals surface area contributed by atoms with Gasteiger partial charge in [0, 0.05) is 18.2 Å². The second-order valence-corrected chi connectivity index (χ2v) is 4.87. The van der Waals surface area contributed by atoms with Crippen molar-refractivity contribution in [2.24, 2.45) is 0 Å². The number of rotatable bonds is 4. The number of hydrogen-bond donors (Lipinski definition) is 1. The predicted octanol–water partition coefficient (Wildman–Crippen LogP) is 2.00. The van der Waals surface area contributed by atoms with Gasteiger partial charge in [0.1, 0.15) is 0 Å². The number of benzene rings is 1. The fourth-order valence-corrected chi connectivity index (χ4v) is 1.90. The molecule has 1 heterocycles. The summed E-state index contributed by atoms with van der Waals surface area (Å²) in [5.74, 6) is -0.514. The molecular formula is C15H14F3N3O2. The van der Waals surface area contributed by atoms with E-state index in [0.717, 1.165) is 24.3 Å². The summed E-state index contributed by atoms with van der Waals surface area (Å²) in [5.41, 5.74) is -0.329. The van der Waals surface area contributed by atoms with Gasteiger partial charge in [0.15, 0.2) is 0 Å². The molecule has 0 saturated heterocycles. The van der Waals surface area contributed by atoms with E-state index < -0.39 is 17.6 Å². The first-order valence-electron chi connectivity index (χ1n) is 6.77. The summed E-state index contributed by atoms with van der Waals surface area (Å²) in [5, 5.41) is 6.54. The highest BCUT2D eigenvalue weighted by Gasteiger charge is 2.30. The molecular weight excluding hydrogens is 311 g/mol. The number of nitrogens with zero attached hydrogens (tertiary/aromatic N) is 2. The van der Waals surface area contributed by atoms with Gasteiger partial charge in [0.25, 0.3) is 11.5 Å². The van der Waals surface area contributed by atoms with Crippen LogP contribution >= 0.6 is 0 Å². The molecule has 0 aliphatic rings. The lowest BCUT2D eigenvalue weighted by molar-refractivity contribution is -0.137. The van der Waals surface area contributed by atoms with E-state index in [0.29, 0.717) is 5.69 Å². The van der Waals surface area contributed by atoms with Crippen molar-refractivity contribution >= 4 is 5.91 Å². The van der Waals surface area contributed by atoms with Crippen molar-refractivity contribution in [1.29, 1.82) is 0 Å². The largest absolute Gasteiger partial charge is 0.416 e. The molecule has 0 aliphatic carbocycles. The van der Waals surface area contributed by atoms with Gasteiger partial charge in [0.05, 0.1) is 17.8 Å². The van der Waals surface area contributed by atoms with Crippen LogP contribution in [0.2, 0.25) is 0 Å². The normalized spacial score (nSPS) is 11.3. The minimum Gasteiger partial charge on any atom is -0.350 e. The van der Waals surface area contributed by atoms with E-state index in [-0.39, 0.29) is 24.2 Å². The minimum atomic E-state index is -4.44. The van der Waals surface area contributed by atoms with Crippen molar-refractivity contribution in [2.45, 2.75) is 19.6 Å². The Bertz CT molecular complexity index is 752. The summed E-state index contributed by atoms with van der Waals surface area (Å²) in [4.78, 5) is 23.4. The number of carbonyl (C=O) groups excluding carboxylic acids is 1. The van der Waals surface area contributed by atoms with E-state index in [1.54, 1.807) is 13.0 Å². The summed E-state index contributed by atoms with van der Waals surface area (Å²) in [6, 6.07) is 6.87. The van der Waals surface area contributed by atoms with Gasteiger partial charge in [-0.1, -0.05) is 0 Å². The molecule has 1 aromatic heterocycles. The number of aromatic nitrogens is 2. The lowest BCUT2D eigenvalue weighted by Gasteiger charge is -2.09. The van der Waals surface area contributed by atoms with Gasteiger partial charge in [0.2, 0.25) is 0 Å². The van der Waals surface area contributed by atoms with Crippen LogP contribution in [0.15, 0.2) is 41.2 Å². The molecule has 5 nitrogen and oxygen atoms in total. The zero-order chi connectivity index (χ0) is 17.0. The molecule has 2 rings (SSSR count). The number of halogens is 3. The average Bonchev–Trinajstić information content (AvgIpc) is 2.50. The Balaban J connectivity index is 1.95. The molecule has 0 radical (unpaired) electrons. The lowest BCUT2D eigenvalue weighted by Crippen LogP contribution is -2.32. The minimum absolute atomic E-state index is 0.113. The molecule has 1 amide bonds. The summed E-state index contributed by atoms with van der Waals surface area (Å²) >= 11 is 0.